The Kier molecular flexibility index (Phi) is 3.74. The fraction of sp³-hybridized carbons (Fsp3) is 0.417. The van der Waals surface area contributed by atoms with E-state index in [0.29, 0.717) is 21.8 Å². The molecule has 0 spiro atoms. The van der Waals surface area contributed by atoms with Crippen molar-refractivity contribution in [1.82, 2.24) is 24.8 Å². The number of carbonyl (C=O) groups is 1. The number of aromatic nitrogens is 3. The number of imidazole rings is 1. The summed E-state index contributed by atoms with van der Waals surface area (Å²) in [7, 11) is 11.1. The summed E-state index contributed by atoms with van der Waals surface area (Å²) in [5.74, 6) is 0. The van der Waals surface area contributed by atoms with E-state index in [4.69, 9.17) is 21.4 Å². The largest absolute Gasteiger partial charge is 0.409 e. The molecule has 1 aliphatic heterocycles. The number of nitrogens with zero attached hydrogens (tertiary/aromatic N) is 4. The zero-order valence-corrected chi connectivity index (χ0v) is 12.3. The van der Waals surface area contributed by atoms with E-state index in [1.54, 1.807) is 17.6 Å². The first-order valence-electron chi connectivity index (χ1n) is 6.89. The van der Waals surface area contributed by atoms with Crippen molar-refractivity contribution in [2.75, 3.05) is 0 Å². The van der Waals surface area contributed by atoms with E-state index in [9.17, 15) is 18.0 Å². The van der Waals surface area contributed by atoms with Gasteiger partial charge in [-0.25, -0.2) is 14.3 Å². The van der Waals surface area contributed by atoms with Crippen molar-refractivity contribution in [1.29, 1.82) is 0 Å². The van der Waals surface area contributed by atoms with Crippen LogP contribution in [0.5, 0.6) is 0 Å². The van der Waals surface area contributed by atoms with E-state index < -0.39 is 23.6 Å². The molecular weight excluding hydrogens is 323 g/mol. The molecule has 0 saturated carbocycles. The maximum Gasteiger partial charge on any atom is 0.409 e. The Bertz CT molecular complexity index is 793. The van der Waals surface area contributed by atoms with Crippen molar-refractivity contribution in [3.63, 3.8) is 0 Å². The highest BCUT2D eigenvalue weighted by molar-refractivity contribution is 6.42. The Morgan fingerprint density at radius 3 is 2.71 bits per heavy atom. The molecule has 1 unspecified atom stereocenters. The van der Waals surface area contributed by atoms with E-state index in [1.165, 1.54) is 10.7 Å². The lowest BCUT2D eigenvalue weighted by Gasteiger charge is -2.36. The predicted molar refractivity (Wildman–Crippen MR) is 79.0 cm³/mol. The van der Waals surface area contributed by atoms with E-state index in [0.717, 1.165) is 0 Å². The van der Waals surface area contributed by atoms with E-state index >= 15 is 0 Å². The van der Waals surface area contributed by atoms with Gasteiger partial charge in [-0.05, 0) is 17.0 Å². The molecule has 3 rings (SSSR count). The lowest BCUT2D eigenvalue weighted by molar-refractivity contribution is -0.156. The van der Waals surface area contributed by atoms with Crippen molar-refractivity contribution in [2.45, 2.75) is 30.6 Å². The van der Waals surface area contributed by atoms with Gasteiger partial charge in [-0.3, -0.25) is 0 Å². The quantitative estimate of drug-likeness (QED) is 0.750. The summed E-state index contributed by atoms with van der Waals surface area (Å²) in [6, 6.07) is -1.81. The number of alkyl halides is 3. The first kappa shape index (κ1) is 16.6. The van der Waals surface area contributed by atoms with Gasteiger partial charge in [0.25, 0.3) is 0 Å². The molecule has 4 radical (unpaired) electrons. The second-order valence-corrected chi connectivity index (χ2v) is 5.50. The predicted octanol–water partition coefficient (Wildman–Crippen LogP) is -0.365. The van der Waals surface area contributed by atoms with Crippen molar-refractivity contribution in [3.05, 3.63) is 29.7 Å². The molecule has 24 heavy (non-hydrogen) atoms. The summed E-state index contributed by atoms with van der Waals surface area (Å²) < 4.78 is 40.3. The average Bonchev–Trinajstić information content (AvgIpc) is 2.99. The molecule has 0 bridgehead atoms. The highest BCUT2D eigenvalue weighted by atomic mass is 19.4. The molecule has 3 N–H and O–H groups in total. The maximum absolute atomic E-state index is 13.0. The van der Waals surface area contributed by atoms with E-state index in [2.05, 4.69) is 10.1 Å². The topological polar surface area (TPSA) is 88.5 Å². The van der Waals surface area contributed by atoms with Gasteiger partial charge in [-0.2, -0.15) is 18.3 Å². The minimum atomic E-state index is -4.77. The van der Waals surface area contributed by atoms with Crippen LogP contribution < -0.4 is 11.1 Å². The number of fused-ring (bicyclic) bond motifs is 1. The van der Waals surface area contributed by atoms with Crippen molar-refractivity contribution >= 4 is 27.4 Å². The van der Waals surface area contributed by atoms with E-state index in [1.807, 2.05) is 0 Å². The van der Waals surface area contributed by atoms with Crippen LogP contribution in [0, 0.1) is 0 Å². The Balaban J connectivity index is 1.88. The van der Waals surface area contributed by atoms with Gasteiger partial charge in [0.15, 0.2) is 5.65 Å². The smallest absolute Gasteiger partial charge is 0.330 e. The standard InChI is InChI=1S/C12H11B2F3N6O/c13-11(14)9(12(15,16)17)21-10(24)22(11)4-6-1-8-20-7(2-18)5-23(8)19-3-6/h1,3,5,9H,2,4,18H2,(H,21,24). The molecule has 3 heterocycles. The molecule has 2 aromatic heterocycles. The summed E-state index contributed by atoms with van der Waals surface area (Å²) in [5.41, 5.74) is 6.96. The molecule has 2 aromatic rings. The molecule has 1 fully saturated rings. The molecule has 0 aliphatic carbocycles. The van der Waals surface area contributed by atoms with Gasteiger partial charge >= 0.3 is 12.2 Å². The zero-order chi connectivity index (χ0) is 17.7. The average molecular weight is 334 g/mol. The maximum atomic E-state index is 13.0. The van der Waals surface area contributed by atoms with Gasteiger partial charge in [-0.15, -0.1) is 0 Å². The number of rotatable bonds is 3. The molecule has 1 aliphatic rings. The zero-order valence-electron chi connectivity index (χ0n) is 12.3. The number of halogens is 3. The monoisotopic (exact) mass is 334 g/mol. The van der Waals surface area contributed by atoms with Crippen LogP contribution in [0.2, 0.25) is 0 Å². The molecule has 12 heteroatoms. The molecule has 1 atom stereocenters. The minimum absolute atomic E-state index is 0.217. The SMILES string of the molecule is [B]C1([B])C(C(F)(F)F)NC(=O)N1Cc1cnn2cc(CN)nc2c1. The number of carbonyl (C=O) groups excluding carboxylic acids is 1. The second-order valence-electron chi connectivity index (χ2n) is 5.50. The summed E-state index contributed by atoms with van der Waals surface area (Å²) in [6.45, 7) is -0.0328. The van der Waals surface area contributed by atoms with Crippen LogP contribution in [-0.4, -0.2) is 58.8 Å². The Morgan fingerprint density at radius 1 is 1.42 bits per heavy atom. The molecular formula is C12H11B2F3N6O. The van der Waals surface area contributed by atoms with Crippen LogP contribution in [0.15, 0.2) is 18.5 Å². The highest BCUT2D eigenvalue weighted by Gasteiger charge is 2.57. The van der Waals surface area contributed by atoms with E-state index in [-0.39, 0.29) is 13.1 Å². The number of nitrogens with two attached hydrogens (primary N) is 1. The number of hydrogen-bond donors (Lipinski definition) is 2. The molecule has 2 amide bonds. The van der Waals surface area contributed by atoms with Gasteiger partial charge in [0.05, 0.1) is 33.8 Å². The molecule has 1 saturated heterocycles. The number of amides is 2. The molecule has 7 nitrogen and oxygen atoms in total. The van der Waals surface area contributed by atoms with Gasteiger partial charge in [-0.1, -0.05) is 0 Å². The van der Waals surface area contributed by atoms with Crippen LogP contribution >= 0.6 is 0 Å². The lowest BCUT2D eigenvalue weighted by atomic mass is 9.57. The van der Waals surface area contributed by atoms with Crippen LogP contribution in [0.1, 0.15) is 11.3 Å². The first-order chi connectivity index (χ1) is 11.1. The van der Waals surface area contributed by atoms with Crippen molar-refractivity contribution in [3.8, 4) is 0 Å². The molecule has 0 aromatic carbocycles. The van der Waals surface area contributed by atoms with Gasteiger partial charge in [0.2, 0.25) is 0 Å². The highest BCUT2D eigenvalue weighted by Crippen LogP contribution is 2.33. The van der Waals surface area contributed by atoms with Crippen molar-refractivity contribution < 1.29 is 18.0 Å². The van der Waals surface area contributed by atoms with Gasteiger partial charge in [0, 0.05) is 13.1 Å². The third-order valence-corrected chi connectivity index (χ3v) is 3.75. The van der Waals surface area contributed by atoms with Crippen molar-refractivity contribution in [2.24, 2.45) is 5.73 Å². The van der Waals surface area contributed by atoms with Gasteiger partial charge < -0.3 is 16.0 Å². The van der Waals surface area contributed by atoms with Crippen LogP contribution in [0.4, 0.5) is 18.0 Å². The summed E-state index contributed by atoms with van der Waals surface area (Å²) in [6.07, 6.45) is -1.76. The molecule has 122 valence electrons. The number of urea groups is 1. The Hall–Kier alpha value is -2.23. The normalized spacial score (nSPS) is 20.6. The fourth-order valence-electron chi connectivity index (χ4n) is 2.53. The van der Waals surface area contributed by atoms with Crippen LogP contribution in [0.25, 0.3) is 5.65 Å². The summed E-state index contributed by atoms with van der Waals surface area (Å²) >= 11 is 0. The third-order valence-electron chi connectivity index (χ3n) is 3.75. The van der Waals surface area contributed by atoms with Crippen LogP contribution in [-0.2, 0) is 13.1 Å². The summed E-state index contributed by atoms with van der Waals surface area (Å²) in [4.78, 5) is 16.8. The van der Waals surface area contributed by atoms with Gasteiger partial charge in [0.1, 0.15) is 6.04 Å². The minimum Gasteiger partial charge on any atom is -0.330 e. The number of hydrogen-bond acceptors (Lipinski definition) is 4. The second kappa shape index (κ2) is 5.40. The Morgan fingerprint density at radius 2 is 2.12 bits per heavy atom. The lowest BCUT2D eigenvalue weighted by Crippen LogP contribution is -2.58. The van der Waals surface area contributed by atoms with Crippen LogP contribution in [0.3, 0.4) is 0 Å². The fourth-order valence-corrected chi connectivity index (χ4v) is 2.53. The third kappa shape index (κ3) is 2.70. The number of nitrogens with one attached hydrogen (secondary N) is 1. The first-order valence-corrected chi connectivity index (χ1v) is 6.89. The Labute approximate surface area is 137 Å². The summed E-state index contributed by atoms with van der Waals surface area (Å²) in [5, 5.41) is 3.41.